The van der Waals surface area contributed by atoms with E-state index in [1.165, 1.54) is 44.6 Å². The zero-order chi connectivity index (χ0) is 14.4. The molecule has 0 unspecified atom stereocenters. The van der Waals surface area contributed by atoms with Crippen LogP contribution in [0.15, 0.2) is 18.2 Å². The Morgan fingerprint density at radius 1 is 1.30 bits per heavy atom. The molecule has 0 amide bonds. The van der Waals surface area contributed by atoms with Crippen molar-refractivity contribution in [2.45, 2.75) is 45.1 Å². The maximum absolute atomic E-state index is 10.7. The Balaban J connectivity index is 1.78. The van der Waals surface area contributed by atoms with E-state index in [1.807, 2.05) is 0 Å². The Kier molecular flexibility index (Phi) is 5.80. The summed E-state index contributed by atoms with van der Waals surface area (Å²) in [6, 6.07) is 4.58. The minimum atomic E-state index is -0.387. The van der Waals surface area contributed by atoms with Crippen LogP contribution in [0.3, 0.4) is 0 Å². The highest BCUT2D eigenvalue weighted by atomic mass is 35.5. The third kappa shape index (κ3) is 4.46. The van der Waals surface area contributed by atoms with Gasteiger partial charge in [0.25, 0.3) is 5.69 Å². The van der Waals surface area contributed by atoms with Crippen LogP contribution in [0.5, 0.6) is 0 Å². The fourth-order valence-electron chi connectivity index (χ4n) is 2.82. The minimum absolute atomic E-state index is 0.0958. The summed E-state index contributed by atoms with van der Waals surface area (Å²) >= 11 is 6.07. The number of rotatable bonds is 6. The number of halogens is 1. The van der Waals surface area contributed by atoms with Gasteiger partial charge in [-0.15, -0.1) is 0 Å². The number of hydrogen-bond acceptors (Lipinski definition) is 3. The molecule has 0 spiro atoms. The second-order valence-corrected chi connectivity index (χ2v) is 5.91. The van der Waals surface area contributed by atoms with E-state index in [0.717, 1.165) is 18.0 Å². The van der Waals surface area contributed by atoms with Gasteiger partial charge in [-0.3, -0.25) is 10.1 Å². The summed E-state index contributed by atoms with van der Waals surface area (Å²) < 4.78 is 0. The van der Waals surface area contributed by atoms with Crippen molar-refractivity contribution in [3.8, 4) is 0 Å². The van der Waals surface area contributed by atoms with Crippen LogP contribution >= 0.6 is 11.6 Å². The molecule has 0 radical (unpaired) electrons. The van der Waals surface area contributed by atoms with Gasteiger partial charge < -0.3 is 5.32 Å². The molecule has 1 saturated carbocycles. The van der Waals surface area contributed by atoms with Crippen LogP contribution in [0.4, 0.5) is 5.69 Å². The third-order valence-electron chi connectivity index (χ3n) is 4.01. The topological polar surface area (TPSA) is 55.2 Å². The average Bonchev–Trinajstić information content (AvgIpc) is 2.46. The molecule has 1 fully saturated rings. The monoisotopic (exact) mass is 296 g/mol. The van der Waals surface area contributed by atoms with E-state index < -0.39 is 0 Å². The van der Waals surface area contributed by atoms with Crippen molar-refractivity contribution in [1.82, 2.24) is 5.32 Å². The number of nitro groups is 1. The lowest BCUT2D eigenvalue weighted by Gasteiger charge is -2.21. The summed E-state index contributed by atoms with van der Waals surface area (Å²) in [5, 5.41) is 14.7. The fraction of sp³-hybridized carbons (Fsp3) is 0.600. The van der Waals surface area contributed by atoms with Gasteiger partial charge in [0, 0.05) is 23.7 Å². The summed E-state index contributed by atoms with van der Waals surface area (Å²) in [4.78, 5) is 10.4. The second kappa shape index (κ2) is 7.60. The van der Waals surface area contributed by atoms with Gasteiger partial charge in [0.15, 0.2) is 0 Å². The van der Waals surface area contributed by atoms with E-state index in [1.54, 1.807) is 12.1 Å². The summed E-state index contributed by atoms with van der Waals surface area (Å²) in [7, 11) is 0. The van der Waals surface area contributed by atoms with Crippen molar-refractivity contribution < 1.29 is 4.92 Å². The molecule has 20 heavy (non-hydrogen) atoms. The highest BCUT2D eigenvalue weighted by molar-refractivity contribution is 6.31. The van der Waals surface area contributed by atoms with Gasteiger partial charge in [-0.2, -0.15) is 0 Å². The van der Waals surface area contributed by atoms with Gasteiger partial charge in [-0.25, -0.2) is 0 Å². The molecule has 1 aromatic rings. The molecule has 110 valence electrons. The standard InChI is InChI=1S/C15H21ClN2O2/c16-15-7-6-14(18(19)20)10-13(15)11-17-9-8-12-4-2-1-3-5-12/h6-7,10,12,17H,1-5,8-9,11H2. The lowest BCUT2D eigenvalue weighted by Crippen LogP contribution is -2.19. The zero-order valence-electron chi connectivity index (χ0n) is 11.6. The molecular weight excluding hydrogens is 276 g/mol. The zero-order valence-corrected chi connectivity index (χ0v) is 12.4. The number of hydrogen-bond donors (Lipinski definition) is 1. The van der Waals surface area contributed by atoms with Crippen LogP contribution in [-0.2, 0) is 6.54 Å². The Labute approximate surface area is 124 Å². The Bertz CT molecular complexity index is 459. The van der Waals surface area contributed by atoms with Gasteiger partial charge in [-0.05, 0) is 30.5 Å². The molecule has 1 aromatic carbocycles. The first-order valence-electron chi connectivity index (χ1n) is 7.30. The first kappa shape index (κ1) is 15.3. The minimum Gasteiger partial charge on any atom is -0.313 e. The van der Waals surface area contributed by atoms with E-state index >= 15 is 0 Å². The first-order valence-corrected chi connectivity index (χ1v) is 7.68. The molecular formula is C15H21ClN2O2. The van der Waals surface area contributed by atoms with Crippen LogP contribution in [0.25, 0.3) is 0 Å². The van der Waals surface area contributed by atoms with Crippen LogP contribution in [-0.4, -0.2) is 11.5 Å². The molecule has 0 atom stereocenters. The largest absolute Gasteiger partial charge is 0.313 e. The molecule has 0 bridgehead atoms. The summed E-state index contributed by atoms with van der Waals surface area (Å²) in [6.07, 6.45) is 7.99. The van der Waals surface area contributed by atoms with Gasteiger partial charge in [-0.1, -0.05) is 43.7 Å². The molecule has 2 rings (SSSR count). The Hall–Kier alpha value is -1.13. The van der Waals surface area contributed by atoms with Gasteiger partial charge in [0.2, 0.25) is 0 Å². The lowest BCUT2D eigenvalue weighted by atomic mass is 9.87. The number of nitrogens with one attached hydrogen (secondary N) is 1. The van der Waals surface area contributed by atoms with Gasteiger partial charge >= 0.3 is 0 Å². The maximum atomic E-state index is 10.7. The van der Waals surface area contributed by atoms with Crippen LogP contribution in [0.1, 0.15) is 44.1 Å². The van der Waals surface area contributed by atoms with Crippen molar-refractivity contribution >= 4 is 17.3 Å². The molecule has 4 nitrogen and oxygen atoms in total. The van der Waals surface area contributed by atoms with Crippen LogP contribution in [0.2, 0.25) is 5.02 Å². The summed E-state index contributed by atoms with van der Waals surface area (Å²) in [5.74, 6) is 0.844. The SMILES string of the molecule is O=[N+]([O-])c1ccc(Cl)c(CNCCC2CCCCC2)c1. The van der Waals surface area contributed by atoms with Gasteiger partial charge in [0.1, 0.15) is 0 Å². The Morgan fingerprint density at radius 2 is 2.05 bits per heavy atom. The van der Waals surface area contributed by atoms with Crippen molar-refractivity contribution in [1.29, 1.82) is 0 Å². The molecule has 0 saturated heterocycles. The van der Waals surface area contributed by atoms with Crippen LogP contribution in [0, 0.1) is 16.0 Å². The van der Waals surface area contributed by atoms with E-state index in [-0.39, 0.29) is 10.6 Å². The average molecular weight is 297 g/mol. The van der Waals surface area contributed by atoms with E-state index in [0.29, 0.717) is 11.6 Å². The number of nitrogens with zero attached hydrogens (tertiary/aromatic N) is 1. The quantitative estimate of drug-likeness (QED) is 0.483. The molecule has 0 aliphatic heterocycles. The maximum Gasteiger partial charge on any atom is 0.269 e. The predicted octanol–water partition coefficient (Wildman–Crippen LogP) is 4.31. The normalized spacial score (nSPS) is 16.2. The van der Waals surface area contributed by atoms with E-state index in [4.69, 9.17) is 11.6 Å². The molecule has 0 heterocycles. The van der Waals surface area contributed by atoms with Crippen molar-refractivity contribution in [2.24, 2.45) is 5.92 Å². The fourth-order valence-corrected chi connectivity index (χ4v) is 3.00. The highest BCUT2D eigenvalue weighted by Crippen LogP contribution is 2.26. The van der Waals surface area contributed by atoms with Crippen molar-refractivity contribution in [3.63, 3.8) is 0 Å². The van der Waals surface area contributed by atoms with Crippen LogP contribution < -0.4 is 5.32 Å². The second-order valence-electron chi connectivity index (χ2n) is 5.50. The van der Waals surface area contributed by atoms with Crippen molar-refractivity contribution in [3.05, 3.63) is 38.9 Å². The van der Waals surface area contributed by atoms with Crippen molar-refractivity contribution in [2.75, 3.05) is 6.54 Å². The molecule has 0 aromatic heterocycles. The number of non-ortho nitro benzene ring substituents is 1. The molecule has 1 N–H and O–H groups in total. The predicted molar refractivity (Wildman–Crippen MR) is 81.0 cm³/mol. The lowest BCUT2D eigenvalue weighted by molar-refractivity contribution is -0.384. The Morgan fingerprint density at radius 3 is 2.75 bits per heavy atom. The van der Waals surface area contributed by atoms with Gasteiger partial charge in [0.05, 0.1) is 4.92 Å². The summed E-state index contributed by atoms with van der Waals surface area (Å²) in [5.41, 5.74) is 0.892. The third-order valence-corrected chi connectivity index (χ3v) is 4.38. The molecule has 1 aliphatic carbocycles. The highest BCUT2D eigenvalue weighted by Gasteiger charge is 2.13. The summed E-state index contributed by atoms with van der Waals surface area (Å²) in [6.45, 7) is 1.54. The number of benzene rings is 1. The number of nitro benzene ring substituents is 1. The smallest absolute Gasteiger partial charge is 0.269 e. The first-order chi connectivity index (χ1) is 9.66. The molecule has 1 aliphatic rings. The van der Waals surface area contributed by atoms with E-state index in [9.17, 15) is 10.1 Å². The van der Waals surface area contributed by atoms with E-state index in [2.05, 4.69) is 5.32 Å². The molecule has 5 heteroatoms.